The Morgan fingerprint density at radius 1 is 0.714 bits per heavy atom. The standard InChI is InChI=1S/C31H33Cl4NO6/c1-4-5-6-7-20-8-12-23(13-9-20)36(18-28(39-2)41-30(37)24-16-21(32)10-14-26(24)34)19-29(40-3)42-31(38)25-17-22(33)11-15-27(25)35/h8-17,28-29H,4-7,18-19H2,1-3H3. The second-order valence-corrected chi connectivity index (χ2v) is 11.1. The lowest BCUT2D eigenvalue weighted by atomic mass is 10.1. The van der Waals surface area contributed by atoms with Gasteiger partial charge in [0.05, 0.1) is 34.3 Å². The minimum absolute atomic E-state index is 0.0743. The Balaban J connectivity index is 1.82. The number of halogens is 4. The molecule has 2 atom stereocenters. The number of rotatable bonds is 15. The largest absolute Gasteiger partial charge is 0.430 e. The molecule has 3 aromatic rings. The number of hydrogen-bond donors (Lipinski definition) is 0. The number of aryl methyl sites for hydroxylation is 1. The summed E-state index contributed by atoms with van der Waals surface area (Å²) in [6.45, 7) is 2.32. The van der Waals surface area contributed by atoms with Gasteiger partial charge >= 0.3 is 11.9 Å². The summed E-state index contributed by atoms with van der Waals surface area (Å²) < 4.78 is 22.3. The average Bonchev–Trinajstić information content (AvgIpc) is 2.98. The first-order chi connectivity index (χ1) is 20.1. The van der Waals surface area contributed by atoms with E-state index in [-0.39, 0.29) is 34.3 Å². The van der Waals surface area contributed by atoms with Crippen LogP contribution in [0.4, 0.5) is 5.69 Å². The quantitative estimate of drug-likeness (QED) is 0.0922. The summed E-state index contributed by atoms with van der Waals surface area (Å²) >= 11 is 24.5. The number of unbranched alkanes of at least 4 members (excludes halogenated alkanes) is 2. The Morgan fingerprint density at radius 2 is 1.19 bits per heavy atom. The summed E-state index contributed by atoms with van der Waals surface area (Å²) in [6.07, 6.45) is 2.32. The van der Waals surface area contributed by atoms with E-state index in [2.05, 4.69) is 6.92 Å². The first-order valence-electron chi connectivity index (χ1n) is 13.4. The van der Waals surface area contributed by atoms with Gasteiger partial charge in [0.15, 0.2) is 0 Å². The van der Waals surface area contributed by atoms with Gasteiger partial charge in [-0.2, -0.15) is 0 Å². The van der Waals surface area contributed by atoms with Crippen LogP contribution in [0.3, 0.4) is 0 Å². The molecule has 3 aromatic carbocycles. The van der Waals surface area contributed by atoms with Crippen LogP contribution in [0, 0.1) is 0 Å². The fourth-order valence-electron chi connectivity index (χ4n) is 4.09. The minimum atomic E-state index is -1.02. The molecule has 0 saturated carbocycles. The molecule has 0 spiro atoms. The van der Waals surface area contributed by atoms with Gasteiger partial charge in [-0.1, -0.05) is 78.3 Å². The maximum atomic E-state index is 12.9. The normalized spacial score (nSPS) is 12.5. The Morgan fingerprint density at radius 3 is 1.62 bits per heavy atom. The molecule has 0 radical (unpaired) electrons. The maximum absolute atomic E-state index is 12.9. The van der Waals surface area contributed by atoms with Crippen molar-refractivity contribution in [3.8, 4) is 0 Å². The van der Waals surface area contributed by atoms with Gasteiger partial charge in [0.1, 0.15) is 0 Å². The summed E-state index contributed by atoms with van der Waals surface area (Å²) in [4.78, 5) is 27.7. The smallest absolute Gasteiger partial charge is 0.342 e. The van der Waals surface area contributed by atoms with E-state index >= 15 is 0 Å². The predicted octanol–water partition coefficient (Wildman–Crippen LogP) is 8.50. The molecule has 3 rings (SSSR count). The predicted molar refractivity (Wildman–Crippen MR) is 167 cm³/mol. The second kappa shape index (κ2) is 16.9. The zero-order valence-electron chi connectivity index (χ0n) is 23.6. The average molecular weight is 657 g/mol. The van der Waals surface area contributed by atoms with Gasteiger partial charge < -0.3 is 23.8 Å². The van der Waals surface area contributed by atoms with Crippen molar-refractivity contribution in [3.05, 3.63) is 97.4 Å². The van der Waals surface area contributed by atoms with E-state index < -0.39 is 24.5 Å². The fraction of sp³-hybridized carbons (Fsp3) is 0.355. The first kappa shape index (κ1) is 34.0. The third-order valence-corrected chi connectivity index (χ3v) is 7.54. The molecule has 42 heavy (non-hydrogen) atoms. The molecule has 0 saturated heterocycles. The van der Waals surface area contributed by atoms with Gasteiger partial charge in [-0.3, -0.25) is 0 Å². The van der Waals surface area contributed by atoms with E-state index in [0.29, 0.717) is 10.0 Å². The summed E-state index contributed by atoms with van der Waals surface area (Å²) in [5.41, 5.74) is 2.18. The van der Waals surface area contributed by atoms with Crippen molar-refractivity contribution in [1.29, 1.82) is 0 Å². The molecule has 0 aliphatic carbocycles. The minimum Gasteiger partial charge on any atom is -0.430 e. The SMILES string of the molecule is CCCCCc1ccc(N(CC(OC)OC(=O)c2cc(Cl)ccc2Cl)CC(OC)OC(=O)c2cc(Cl)ccc2Cl)cc1. The van der Waals surface area contributed by atoms with Crippen molar-refractivity contribution in [1.82, 2.24) is 0 Å². The first-order valence-corrected chi connectivity index (χ1v) is 14.9. The molecular weight excluding hydrogens is 624 g/mol. The number of hydrogen-bond acceptors (Lipinski definition) is 7. The van der Waals surface area contributed by atoms with E-state index in [0.717, 1.165) is 31.4 Å². The monoisotopic (exact) mass is 655 g/mol. The van der Waals surface area contributed by atoms with Crippen molar-refractivity contribution in [3.63, 3.8) is 0 Å². The zero-order chi connectivity index (χ0) is 30.6. The van der Waals surface area contributed by atoms with Crippen LogP contribution < -0.4 is 4.90 Å². The maximum Gasteiger partial charge on any atom is 0.342 e. The lowest BCUT2D eigenvalue weighted by molar-refractivity contribution is -0.0950. The lowest BCUT2D eigenvalue weighted by Gasteiger charge is -2.31. The summed E-state index contributed by atoms with van der Waals surface area (Å²) in [5.74, 6) is -1.41. The van der Waals surface area contributed by atoms with Crippen LogP contribution in [0.5, 0.6) is 0 Å². The molecule has 0 N–H and O–H groups in total. The third kappa shape index (κ3) is 10.0. The number of anilines is 1. The van der Waals surface area contributed by atoms with E-state index in [1.807, 2.05) is 29.2 Å². The van der Waals surface area contributed by atoms with E-state index in [4.69, 9.17) is 65.4 Å². The van der Waals surface area contributed by atoms with Crippen molar-refractivity contribution < 1.29 is 28.5 Å². The number of esters is 2. The highest BCUT2D eigenvalue weighted by Crippen LogP contribution is 2.25. The Kier molecular flexibility index (Phi) is 13.7. The number of methoxy groups -OCH3 is 2. The van der Waals surface area contributed by atoms with Crippen molar-refractivity contribution in [2.45, 2.75) is 45.2 Å². The summed E-state index contributed by atoms with van der Waals surface area (Å²) in [7, 11) is 2.84. The molecule has 0 aliphatic rings. The summed E-state index contributed by atoms with van der Waals surface area (Å²) in [5, 5.41) is 1.07. The highest BCUT2D eigenvalue weighted by molar-refractivity contribution is 6.36. The second-order valence-electron chi connectivity index (χ2n) is 9.42. The molecular formula is C31H33Cl4NO6. The molecule has 0 heterocycles. The number of carbonyl (C=O) groups excluding carboxylic acids is 2. The fourth-order valence-corrected chi connectivity index (χ4v) is 4.82. The van der Waals surface area contributed by atoms with Crippen molar-refractivity contribution in [2.75, 3.05) is 32.2 Å². The van der Waals surface area contributed by atoms with Gasteiger partial charge in [-0.25, -0.2) is 9.59 Å². The van der Waals surface area contributed by atoms with E-state index in [9.17, 15) is 9.59 Å². The van der Waals surface area contributed by atoms with Crippen molar-refractivity contribution in [2.24, 2.45) is 0 Å². The molecule has 226 valence electrons. The molecule has 0 fully saturated rings. The molecule has 7 nitrogen and oxygen atoms in total. The molecule has 0 amide bonds. The van der Waals surface area contributed by atoms with Gasteiger partial charge in [0, 0.05) is 30.0 Å². The Labute approximate surface area is 266 Å². The molecule has 0 aliphatic heterocycles. The van der Waals surface area contributed by atoms with Gasteiger partial charge in [-0.05, 0) is 66.9 Å². The number of benzene rings is 3. The summed E-state index contributed by atoms with van der Waals surface area (Å²) in [6, 6.07) is 17.0. The van der Waals surface area contributed by atoms with Gasteiger partial charge in [0.2, 0.25) is 12.6 Å². The molecule has 0 aromatic heterocycles. The molecule has 2 unspecified atom stereocenters. The van der Waals surface area contributed by atoms with E-state index in [1.165, 1.54) is 44.0 Å². The number of ether oxygens (including phenoxy) is 4. The van der Waals surface area contributed by atoms with Crippen LogP contribution in [0.2, 0.25) is 20.1 Å². The van der Waals surface area contributed by atoms with E-state index in [1.54, 1.807) is 12.1 Å². The van der Waals surface area contributed by atoms with Crippen LogP contribution in [0.25, 0.3) is 0 Å². The number of carbonyl (C=O) groups is 2. The van der Waals surface area contributed by atoms with Crippen LogP contribution in [0.15, 0.2) is 60.7 Å². The molecule has 11 heteroatoms. The third-order valence-electron chi connectivity index (χ3n) is 6.41. The van der Waals surface area contributed by atoms with Gasteiger partial charge in [-0.15, -0.1) is 0 Å². The van der Waals surface area contributed by atoms with Crippen LogP contribution in [-0.4, -0.2) is 51.8 Å². The highest BCUT2D eigenvalue weighted by atomic mass is 35.5. The zero-order valence-corrected chi connectivity index (χ0v) is 26.6. The highest BCUT2D eigenvalue weighted by Gasteiger charge is 2.26. The molecule has 0 bridgehead atoms. The Bertz CT molecular complexity index is 1260. The van der Waals surface area contributed by atoms with Crippen LogP contribution in [-0.2, 0) is 25.4 Å². The topological polar surface area (TPSA) is 74.3 Å². The lowest BCUT2D eigenvalue weighted by Crippen LogP contribution is -2.42. The van der Waals surface area contributed by atoms with Crippen molar-refractivity contribution >= 4 is 64.0 Å². The Hall–Kier alpha value is -2.52. The van der Waals surface area contributed by atoms with Gasteiger partial charge in [0.25, 0.3) is 0 Å². The van der Waals surface area contributed by atoms with Crippen LogP contribution in [0.1, 0.15) is 52.5 Å². The number of nitrogens with zero attached hydrogens (tertiary/aromatic N) is 1. The van der Waals surface area contributed by atoms with Crippen LogP contribution >= 0.6 is 46.4 Å².